The summed E-state index contributed by atoms with van der Waals surface area (Å²) in [7, 11) is 1.86. The van der Waals surface area contributed by atoms with Crippen LogP contribution in [0, 0.1) is 6.92 Å². The standard InChI is InChI=1S/C27H25N5O2S/c1-19-8-13-22(14-9-19)29-25(34)18-35-27-31-30-26(32(27)2)21-11-15-23(16-12-21)28-24(33)17-10-20-6-4-3-5-7-20/h3-17H,18H2,1-2H3,(H,28,33)(H,29,34)/b17-10-. The van der Waals surface area contributed by atoms with Crippen molar-refractivity contribution in [1.29, 1.82) is 0 Å². The lowest BCUT2D eigenvalue weighted by atomic mass is 10.2. The van der Waals surface area contributed by atoms with Crippen molar-refractivity contribution in [3.63, 3.8) is 0 Å². The Kier molecular flexibility index (Phi) is 7.74. The van der Waals surface area contributed by atoms with Gasteiger partial charge in [-0.25, -0.2) is 0 Å². The zero-order chi connectivity index (χ0) is 24.6. The van der Waals surface area contributed by atoms with Crippen LogP contribution in [0.15, 0.2) is 90.1 Å². The molecule has 1 heterocycles. The average molecular weight is 484 g/mol. The fraction of sp³-hybridized carbons (Fsp3) is 0.111. The Morgan fingerprint density at radius 1 is 0.886 bits per heavy atom. The molecule has 8 heteroatoms. The van der Waals surface area contributed by atoms with Crippen molar-refractivity contribution in [2.75, 3.05) is 16.4 Å². The summed E-state index contributed by atoms with van der Waals surface area (Å²) >= 11 is 1.32. The fourth-order valence-electron chi connectivity index (χ4n) is 3.28. The molecule has 2 amide bonds. The summed E-state index contributed by atoms with van der Waals surface area (Å²) in [6.45, 7) is 2.00. The normalized spacial score (nSPS) is 10.9. The number of thioether (sulfide) groups is 1. The lowest BCUT2D eigenvalue weighted by molar-refractivity contribution is -0.114. The van der Waals surface area contributed by atoms with Gasteiger partial charge in [-0.15, -0.1) is 10.2 Å². The first kappa shape index (κ1) is 24.0. The topological polar surface area (TPSA) is 88.9 Å². The predicted molar refractivity (Wildman–Crippen MR) is 141 cm³/mol. The molecular weight excluding hydrogens is 458 g/mol. The molecule has 0 atom stereocenters. The van der Waals surface area contributed by atoms with Gasteiger partial charge in [0, 0.05) is 30.1 Å². The number of benzene rings is 3. The van der Waals surface area contributed by atoms with E-state index in [0.717, 1.165) is 22.4 Å². The largest absolute Gasteiger partial charge is 0.325 e. The zero-order valence-electron chi connectivity index (χ0n) is 19.4. The minimum Gasteiger partial charge on any atom is -0.325 e. The van der Waals surface area contributed by atoms with Gasteiger partial charge in [0.1, 0.15) is 0 Å². The molecule has 2 N–H and O–H groups in total. The van der Waals surface area contributed by atoms with E-state index in [1.54, 1.807) is 6.08 Å². The van der Waals surface area contributed by atoms with Crippen molar-refractivity contribution in [2.24, 2.45) is 7.05 Å². The van der Waals surface area contributed by atoms with E-state index in [9.17, 15) is 9.59 Å². The second-order valence-corrected chi connectivity index (χ2v) is 8.82. The molecule has 35 heavy (non-hydrogen) atoms. The van der Waals surface area contributed by atoms with Gasteiger partial charge in [-0.1, -0.05) is 59.8 Å². The maximum absolute atomic E-state index is 12.3. The van der Waals surface area contributed by atoms with Crippen LogP contribution in [-0.2, 0) is 16.6 Å². The Morgan fingerprint density at radius 3 is 2.26 bits per heavy atom. The van der Waals surface area contributed by atoms with E-state index >= 15 is 0 Å². The summed E-state index contributed by atoms with van der Waals surface area (Å²) in [6, 6.07) is 24.7. The molecule has 7 nitrogen and oxygen atoms in total. The van der Waals surface area contributed by atoms with Crippen LogP contribution >= 0.6 is 11.8 Å². The molecule has 0 spiro atoms. The molecule has 0 fully saturated rings. The van der Waals surface area contributed by atoms with Crippen LogP contribution in [0.4, 0.5) is 11.4 Å². The van der Waals surface area contributed by atoms with Crippen LogP contribution < -0.4 is 10.6 Å². The van der Waals surface area contributed by atoms with E-state index in [4.69, 9.17) is 0 Å². The highest BCUT2D eigenvalue weighted by Gasteiger charge is 2.13. The number of carbonyl (C=O) groups excluding carboxylic acids is 2. The molecule has 0 aliphatic heterocycles. The fourth-order valence-corrected chi connectivity index (χ4v) is 3.99. The molecule has 0 aliphatic rings. The number of hydrogen-bond acceptors (Lipinski definition) is 5. The first-order valence-electron chi connectivity index (χ1n) is 11.0. The van der Waals surface area contributed by atoms with Crippen LogP contribution in [0.3, 0.4) is 0 Å². The Labute approximate surface area is 208 Å². The van der Waals surface area contributed by atoms with Crippen molar-refractivity contribution in [1.82, 2.24) is 14.8 Å². The maximum atomic E-state index is 12.3. The lowest BCUT2D eigenvalue weighted by Crippen LogP contribution is -2.14. The number of carbonyl (C=O) groups is 2. The van der Waals surface area contributed by atoms with Gasteiger partial charge in [0.2, 0.25) is 11.8 Å². The Hall–Kier alpha value is -4.17. The van der Waals surface area contributed by atoms with Gasteiger partial charge < -0.3 is 15.2 Å². The highest BCUT2D eigenvalue weighted by Crippen LogP contribution is 2.24. The lowest BCUT2D eigenvalue weighted by Gasteiger charge is -2.07. The molecule has 0 aliphatic carbocycles. The number of amides is 2. The van der Waals surface area contributed by atoms with Crippen LogP contribution in [0.5, 0.6) is 0 Å². The van der Waals surface area contributed by atoms with E-state index in [1.807, 2.05) is 97.4 Å². The third-order valence-corrected chi connectivity index (χ3v) is 6.16. The summed E-state index contributed by atoms with van der Waals surface area (Å²) in [5, 5.41) is 14.9. The van der Waals surface area contributed by atoms with E-state index in [-0.39, 0.29) is 17.6 Å². The van der Waals surface area contributed by atoms with E-state index in [2.05, 4.69) is 20.8 Å². The highest BCUT2D eigenvalue weighted by atomic mass is 32.2. The number of rotatable bonds is 8. The van der Waals surface area contributed by atoms with Gasteiger partial charge in [-0.05, 0) is 55.0 Å². The van der Waals surface area contributed by atoms with Crippen molar-refractivity contribution in [2.45, 2.75) is 12.1 Å². The highest BCUT2D eigenvalue weighted by molar-refractivity contribution is 7.99. The third-order valence-electron chi connectivity index (χ3n) is 5.14. The summed E-state index contributed by atoms with van der Waals surface area (Å²) in [6.07, 6.45) is 3.27. The number of aryl methyl sites for hydroxylation is 1. The van der Waals surface area contributed by atoms with E-state index in [1.165, 1.54) is 17.8 Å². The number of nitrogens with zero attached hydrogens (tertiary/aromatic N) is 3. The first-order chi connectivity index (χ1) is 17.0. The minimum atomic E-state index is -0.206. The third kappa shape index (κ3) is 6.68. The minimum absolute atomic E-state index is 0.107. The quantitative estimate of drug-likeness (QED) is 0.267. The summed E-state index contributed by atoms with van der Waals surface area (Å²) in [5.41, 5.74) is 4.40. The van der Waals surface area contributed by atoms with Gasteiger partial charge in [-0.2, -0.15) is 0 Å². The molecule has 0 saturated heterocycles. The molecule has 4 rings (SSSR count). The molecule has 4 aromatic rings. The second kappa shape index (κ2) is 11.3. The number of anilines is 2. The predicted octanol–water partition coefficient (Wildman–Crippen LogP) is 5.17. The van der Waals surface area contributed by atoms with Gasteiger partial charge in [-0.3, -0.25) is 9.59 Å². The Bertz CT molecular complexity index is 1330. The Morgan fingerprint density at radius 2 is 1.54 bits per heavy atom. The van der Waals surface area contributed by atoms with Gasteiger partial charge in [0.05, 0.1) is 5.75 Å². The molecule has 0 radical (unpaired) electrons. The van der Waals surface area contributed by atoms with Crippen LogP contribution in [0.25, 0.3) is 17.5 Å². The second-order valence-electron chi connectivity index (χ2n) is 7.88. The van der Waals surface area contributed by atoms with Crippen molar-refractivity contribution < 1.29 is 9.59 Å². The molecule has 0 saturated carbocycles. The monoisotopic (exact) mass is 483 g/mol. The smallest absolute Gasteiger partial charge is 0.248 e. The number of nitrogens with one attached hydrogen (secondary N) is 2. The number of hydrogen-bond donors (Lipinski definition) is 2. The van der Waals surface area contributed by atoms with Gasteiger partial charge in [0.25, 0.3) is 0 Å². The zero-order valence-corrected chi connectivity index (χ0v) is 20.3. The SMILES string of the molecule is Cc1ccc(NC(=O)CSc2nnc(-c3ccc(NC(=O)/C=C\c4ccccc4)cc3)n2C)cc1. The van der Waals surface area contributed by atoms with Crippen molar-refractivity contribution in [3.05, 3.63) is 96.1 Å². The van der Waals surface area contributed by atoms with Gasteiger partial charge in [0.15, 0.2) is 11.0 Å². The van der Waals surface area contributed by atoms with Crippen LogP contribution in [0.1, 0.15) is 11.1 Å². The summed E-state index contributed by atoms with van der Waals surface area (Å²) < 4.78 is 1.85. The van der Waals surface area contributed by atoms with E-state index < -0.39 is 0 Å². The maximum Gasteiger partial charge on any atom is 0.248 e. The molecule has 1 aromatic heterocycles. The van der Waals surface area contributed by atoms with Crippen molar-refractivity contribution in [3.8, 4) is 11.4 Å². The molecular formula is C27H25N5O2S. The first-order valence-corrected chi connectivity index (χ1v) is 12.0. The molecule has 0 unspecified atom stereocenters. The molecule has 176 valence electrons. The molecule has 3 aromatic carbocycles. The van der Waals surface area contributed by atoms with Crippen molar-refractivity contribution >= 4 is 41.0 Å². The van der Waals surface area contributed by atoms with Crippen LogP contribution in [0.2, 0.25) is 0 Å². The van der Waals surface area contributed by atoms with Crippen LogP contribution in [-0.4, -0.2) is 32.3 Å². The molecule has 0 bridgehead atoms. The Balaban J connectivity index is 1.32. The van der Waals surface area contributed by atoms with Gasteiger partial charge >= 0.3 is 0 Å². The van der Waals surface area contributed by atoms with E-state index in [0.29, 0.717) is 16.7 Å². The summed E-state index contributed by atoms with van der Waals surface area (Å²) in [5.74, 6) is 0.586. The number of aromatic nitrogens is 3. The summed E-state index contributed by atoms with van der Waals surface area (Å²) in [4.78, 5) is 24.5. The average Bonchev–Trinajstić information content (AvgIpc) is 3.24.